The highest BCUT2D eigenvalue weighted by Crippen LogP contribution is 2.18. The van der Waals surface area contributed by atoms with Gasteiger partial charge in [0.1, 0.15) is 0 Å². The van der Waals surface area contributed by atoms with E-state index in [0.717, 1.165) is 5.56 Å². The molecular weight excluding hydrogens is 157 g/mol. The van der Waals surface area contributed by atoms with Gasteiger partial charge >= 0.3 is 0 Å². The van der Waals surface area contributed by atoms with E-state index in [9.17, 15) is 4.39 Å². The van der Waals surface area contributed by atoms with E-state index in [1.54, 1.807) is 6.07 Å². The van der Waals surface area contributed by atoms with E-state index in [1.165, 1.54) is 13.2 Å². The second kappa shape index (κ2) is 3.52. The van der Waals surface area contributed by atoms with Crippen LogP contribution in [0, 0.1) is 5.95 Å². The van der Waals surface area contributed by atoms with E-state index >= 15 is 0 Å². The van der Waals surface area contributed by atoms with Gasteiger partial charge in [0.25, 0.3) is 0 Å². The first kappa shape index (κ1) is 8.97. The largest absolute Gasteiger partial charge is 0.481 e. The Hall–Kier alpha value is -1.12. The maximum atomic E-state index is 12.8. The lowest BCUT2D eigenvalue weighted by Gasteiger charge is -2.06. The molecule has 0 saturated heterocycles. The smallest absolute Gasteiger partial charge is 0.216 e. The van der Waals surface area contributed by atoms with E-state index in [-0.39, 0.29) is 5.92 Å². The van der Waals surface area contributed by atoms with Crippen molar-refractivity contribution < 1.29 is 9.13 Å². The Balaban J connectivity index is 3.06. The third-order valence-electron chi connectivity index (χ3n) is 1.67. The standard InChI is InChI=1S/C9H12FNO/c1-6(2)7-4-8(10)11-9(5-7)12-3/h4-6H,1-3H3. The number of aromatic nitrogens is 1. The van der Waals surface area contributed by atoms with Gasteiger partial charge in [-0.2, -0.15) is 9.37 Å². The molecule has 2 nitrogen and oxygen atoms in total. The summed E-state index contributed by atoms with van der Waals surface area (Å²) in [6.07, 6.45) is 0. The molecule has 0 atom stereocenters. The summed E-state index contributed by atoms with van der Waals surface area (Å²) >= 11 is 0. The maximum absolute atomic E-state index is 12.8. The summed E-state index contributed by atoms with van der Waals surface area (Å²) in [5.74, 6) is 0.133. The average molecular weight is 169 g/mol. The van der Waals surface area contributed by atoms with Gasteiger partial charge in [0.2, 0.25) is 11.8 Å². The van der Waals surface area contributed by atoms with Crippen LogP contribution in [0.3, 0.4) is 0 Å². The summed E-state index contributed by atoms with van der Waals surface area (Å²) < 4.78 is 17.6. The lowest BCUT2D eigenvalue weighted by molar-refractivity contribution is 0.386. The average Bonchev–Trinajstić information content (AvgIpc) is 2.03. The fourth-order valence-electron chi connectivity index (χ4n) is 0.929. The van der Waals surface area contributed by atoms with Gasteiger partial charge < -0.3 is 4.74 Å². The Morgan fingerprint density at radius 2 is 2.08 bits per heavy atom. The molecular formula is C9H12FNO. The molecule has 0 radical (unpaired) electrons. The molecule has 1 aromatic heterocycles. The molecule has 3 heteroatoms. The number of hydrogen-bond acceptors (Lipinski definition) is 2. The number of hydrogen-bond donors (Lipinski definition) is 0. The molecule has 1 heterocycles. The second-order valence-corrected chi connectivity index (χ2v) is 2.92. The van der Waals surface area contributed by atoms with Gasteiger partial charge in [0.05, 0.1) is 7.11 Å². The third-order valence-corrected chi connectivity index (χ3v) is 1.67. The van der Waals surface area contributed by atoms with Gasteiger partial charge in [0, 0.05) is 6.07 Å². The van der Waals surface area contributed by atoms with Gasteiger partial charge in [-0.25, -0.2) is 0 Å². The Morgan fingerprint density at radius 1 is 1.42 bits per heavy atom. The molecule has 0 fully saturated rings. The molecule has 0 aromatic carbocycles. The van der Waals surface area contributed by atoms with Crippen LogP contribution in [-0.2, 0) is 0 Å². The Bertz CT molecular complexity index is 273. The van der Waals surface area contributed by atoms with E-state index in [2.05, 4.69) is 4.98 Å². The van der Waals surface area contributed by atoms with Crippen molar-refractivity contribution in [3.05, 3.63) is 23.6 Å². The Morgan fingerprint density at radius 3 is 2.58 bits per heavy atom. The zero-order chi connectivity index (χ0) is 9.14. The Labute approximate surface area is 71.4 Å². The minimum absolute atomic E-state index is 0.288. The van der Waals surface area contributed by atoms with Crippen molar-refractivity contribution in [2.75, 3.05) is 7.11 Å². The highest BCUT2D eigenvalue weighted by atomic mass is 19.1. The predicted octanol–water partition coefficient (Wildman–Crippen LogP) is 2.35. The van der Waals surface area contributed by atoms with Crippen molar-refractivity contribution in [2.45, 2.75) is 19.8 Å². The van der Waals surface area contributed by atoms with E-state index in [0.29, 0.717) is 5.88 Å². The van der Waals surface area contributed by atoms with Crippen LogP contribution in [0.4, 0.5) is 4.39 Å². The molecule has 1 rings (SSSR count). The van der Waals surface area contributed by atoms with Crippen molar-refractivity contribution in [2.24, 2.45) is 0 Å². The molecule has 0 unspecified atom stereocenters. The van der Waals surface area contributed by atoms with Crippen LogP contribution in [0.15, 0.2) is 12.1 Å². The summed E-state index contributed by atoms with van der Waals surface area (Å²) in [6, 6.07) is 3.17. The molecule has 0 aliphatic heterocycles. The fraction of sp³-hybridized carbons (Fsp3) is 0.444. The quantitative estimate of drug-likeness (QED) is 0.634. The molecule has 0 spiro atoms. The normalized spacial score (nSPS) is 10.4. The van der Waals surface area contributed by atoms with Gasteiger partial charge in [-0.3, -0.25) is 0 Å². The minimum atomic E-state index is -0.488. The third kappa shape index (κ3) is 1.94. The maximum Gasteiger partial charge on any atom is 0.216 e. The van der Waals surface area contributed by atoms with Gasteiger partial charge in [0.15, 0.2) is 0 Å². The van der Waals surface area contributed by atoms with E-state index in [4.69, 9.17) is 4.74 Å². The molecule has 0 aliphatic carbocycles. The van der Waals surface area contributed by atoms with Crippen LogP contribution >= 0.6 is 0 Å². The fourth-order valence-corrected chi connectivity index (χ4v) is 0.929. The lowest BCUT2D eigenvalue weighted by Crippen LogP contribution is -1.95. The molecule has 0 bridgehead atoms. The van der Waals surface area contributed by atoms with Crippen LogP contribution in [-0.4, -0.2) is 12.1 Å². The van der Waals surface area contributed by atoms with Crippen molar-refractivity contribution in [1.29, 1.82) is 0 Å². The van der Waals surface area contributed by atoms with Crippen molar-refractivity contribution in [3.8, 4) is 5.88 Å². The number of methoxy groups -OCH3 is 1. The summed E-state index contributed by atoms with van der Waals surface area (Å²) in [7, 11) is 1.48. The van der Waals surface area contributed by atoms with Crippen LogP contribution in [0.1, 0.15) is 25.3 Å². The molecule has 0 aliphatic rings. The van der Waals surface area contributed by atoms with Crippen molar-refractivity contribution >= 4 is 0 Å². The summed E-state index contributed by atoms with van der Waals surface area (Å²) in [6.45, 7) is 3.99. The van der Waals surface area contributed by atoms with Crippen LogP contribution in [0.5, 0.6) is 5.88 Å². The molecule has 66 valence electrons. The SMILES string of the molecule is COc1cc(C(C)C)cc(F)n1. The molecule has 12 heavy (non-hydrogen) atoms. The monoisotopic (exact) mass is 169 g/mol. The van der Waals surface area contributed by atoms with Crippen molar-refractivity contribution in [3.63, 3.8) is 0 Å². The highest BCUT2D eigenvalue weighted by Gasteiger charge is 2.04. The molecule has 0 amide bonds. The number of pyridine rings is 1. The van der Waals surface area contributed by atoms with E-state index in [1.807, 2.05) is 13.8 Å². The molecule has 0 saturated carbocycles. The predicted molar refractivity (Wildman–Crippen MR) is 44.8 cm³/mol. The van der Waals surface area contributed by atoms with Crippen LogP contribution in [0.2, 0.25) is 0 Å². The first-order chi connectivity index (χ1) is 5.63. The summed E-state index contributed by atoms with van der Waals surface area (Å²) in [5, 5.41) is 0. The molecule has 1 aromatic rings. The first-order valence-electron chi connectivity index (χ1n) is 3.85. The topological polar surface area (TPSA) is 22.1 Å². The number of rotatable bonds is 2. The highest BCUT2D eigenvalue weighted by molar-refractivity contribution is 5.23. The zero-order valence-electron chi connectivity index (χ0n) is 7.47. The van der Waals surface area contributed by atoms with Crippen molar-refractivity contribution in [1.82, 2.24) is 4.98 Å². The second-order valence-electron chi connectivity index (χ2n) is 2.92. The number of nitrogens with zero attached hydrogens (tertiary/aromatic N) is 1. The summed E-state index contributed by atoms with van der Waals surface area (Å²) in [5.41, 5.74) is 0.902. The van der Waals surface area contributed by atoms with Crippen LogP contribution in [0.25, 0.3) is 0 Å². The Kier molecular flexibility index (Phi) is 2.63. The molecule has 0 N–H and O–H groups in total. The van der Waals surface area contributed by atoms with Gasteiger partial charge in [-0.05, 0) is 17.5 Å². The lowest BCUT2D eigenvalue weighted by atomic mass is 10.1. The van der Waals surface area contributed by atoms with Gasteiger partial charge in [-0.15, -0.1) is 0 Å². The summed E-state index contributed by atoms with van der Waals surface area (Å²) in [4.78, 5) is 3.55. The van der Waals surface area contributed by atoms with Crippen LogP contribution < -0.4 is 4.74 Å². The van der Waals surface area contributed by atoms with E-state index < -0.39 is 5.95 Å². The number of ether oxygens (including phenoxy) is 1. The first-order valence-corrected chi connectivity index (χ1v) is 3.85. The minimum Gasteiger partial charge on any atom is -0.481 e. The zero-order valence-corrected chi connectivity index (χ0v) is 7.47. The van der Waals surface area contributed by atoms with Gasteiger partial charge in [-0.1, -0.05) is 13.8 Å². The number of halogens is 1.